The normalized spacial score (nSPS) is 12.0. The highest BCUT2D eigenvalue weighted by molar-refractivity contribution is 5.79. The Kier molecular flexibility index (Phi) is 13.3. The fraction of sp³-hybridized carbons (Fsp3) is 0.741. The van der Waals surface area contributed by atoms with Crippen LogP contribution in [0.25, 0.3) is 11.0 Å². The molecule has 0 aliphatic heterocycles. The molecule has 2 heterocycles. The van der Waals surface area contributed by atoms with Gasteiger partial charge in [0.05, 0.1) is 11.0 Å². The number of aryl methyl sites for hydroxylation is 1. The number of nitrogens with one attached hydrogen (secondary N) is 1. The predicted molar refractivity (Wildman–Crippen MR) is 133 cm³/mol. The highest BCUT2D eigenvalue weighted by Gasteiger charge is 2.25. The number of alkyl halides is 3. The quantitative estimate of drug-likeness (QED) is 0.209. The molecule has 2 rings (SSSR count). The minimum atomic E-state index is -4.00. The molecule has 0 saturated carbocycles. The number of pyridine rings is 1. The Morgan fingerprint density at radius 1 is 0.818 bits per heavy atom. The van der Waals surface area contributed by atoms with E-state index in [1.165, 1.54) is 56.9 Å². The summed E-state index contributed by atoms with van der Waals surface area (Å²) in [7, 11) is 0. The van der Waals surface area contributed by atoms with E-state index in [2.05, 4.69) is 34.3 Å². The van der Waals surface area contributed by atoms with Gasteiger partial charge in [-0.15, -0.1) is 0 Å². The largest absolute Gasteiger partial charge is 0.389 e. The second kappa shape index (κ2) is 16.0. The van der Waals surface area contributed by atoms with Crippen LogP contribution in [-0.4, -0.2) is 22.4 Å². The van der Waals surface area contributed by atoms with Crippen molar-refractivity contribution in [2.24, 2.45) is 0 Å². The summed E-state index contributed by atoms with van der Waals surface area (Å²) >= 11 is 0. The van der Waals surface area contributed by atoms with Crippen LogP contribution >= 0.6 is 0 Å². The van der Waals surface area contributed by atoms with E-state index in [4.69, 9.17) is 0 Å². The van der Waals surface area contributed by atoms with Gasteiger partial charge in [-0.05, 0) is 43.4 Å². The summed E-state index contributed by atoms with van der Waals surface area (Å²) in [5.41, 5.74) is 7.05. The topological polar surface area (TPSA) is 29.9 Å². The first-order chi connectivity index (χ1) is 16.0. The Bertz CT molecular complexity index is 755. The van der Waals surface area contributed by atoms with Gasteiger partial charge in [-0.3, -0.25) is 9.66 Å². The van der Waals surface area contributed by atoms with E-state index < -0.39 is 12.6 Å². The average molecular weight is 468 g/mol. The molecule has 0 atom stereocenters. The molecule has 3 nitrogen and oxygen atoms in total. The van der Waals surface area contributed by atoms with Crippen molar-refractivity contribution in [2.45, 2.75) is 122 Å². The van der Waals surface area contributed by atoms with Crippen LogP contribution in [0.2, 0.25) is 0 Å². The van der Waals surface area contributed by atoms with E-state index in [-0.39, 0.29) is 6.42 Å². The van der Waals surface area contributed by atoms with Crippen molar-refractivity contribution in [3.63, 3.8) is 0 Å². The van der Waals surface area contributed by atoms with Crippen LogP contribution in [0.1, 0.15) is 115 Å². The third-order valence-electron chi connectivity index (χ3n) is 6.35. The Morgan fingerprint density at radius 3 is 2.09 bits per heavy atom. The standard InChI is InChI=1S/C27H44F3N3/c1-2-3-4-5-6-10-13-16-22-32-33-23-24(26-25(33)19-17-21-31-26)18-14-11-8-7-9-12-15-20-27(28,29)30/h17,19,21,23,32H,2-16,18,20,22H2,1H3. The van der Waals surface area contributed by atoms with E-state index in [1.807, 2.05) is 12.3 Å². The molecule has 0 bridgehead atoms. The monoisotopic (exact) mass is 467 g/mol. The summed E-state index contributed by atoms with van der Waals surface area (Å²) in [6.45, 7) is 3.23. The SMILES string of the molecule is CCCCCCCCCCNn1cc(CCCCCCCCCC(F)(F)F)c2ncccc21. The van der Waals surface area contributed by atoms with Gasteiger partial charge in [0.2, 0.25) is 0 Å². The second-order valence-corrected chi connectivity index (χ2v) is 9.37. The summed E-state index contributed by atoms with van der Waals surface area (Å²) in [6, 6.07) is 4.10. The summed E-state index contributed by atoms with van der Waals surface area (Å²) in [4.78, 5) is 4.61. The Morgan fingerprint density at radius 2 is 1.42 bits per heavy atom. The predicted octanol–water partition coefficient (Wildman–Crippen LogP) is 8.95. The van der Waals surface area contributed by atoms with E-state index in [0.717, 1.165) is 56.1 Å². The first-order valence-corrected chi connectivity index (χ1v) is 13.3. The lowest BCUT2D eigenvalue weighted by Gasteiger charge is -2.09. The van der Waals surface area contributed by atoms with Crippen LogP contribution in [0, 0.1) is 0 Å². The van der Waals surface area contributed by atoms with E-state index in [9.17, 15) is 13.2 Å². The smallest absolute Gasteiger partial charge is 0.326 e. The van der Waals surface area contributed by atoms with Gasteiger partial charge in [-0.25, -0.2) is 0 Å². The summed E-state index contributed by atoms with van der Waals surface area (Å²) in [6.07, 6.45) is 17.1. The molecule has 6 heteroatoms. The molecular weight excluding hydrogens is 423 g/mol. The molecule has 0 saturated heterocycles. The van der Waals surface area contributed by atoms with E-state index in [1.54, 1.807) is 0 Å². The maximum Gasteiger partial charge on any atom is 0.389 e. The molecule has 188 valence electrons. The van der Waals surface area contributed by atoms with E-state index >= 15 is 0 Å². The lowest BCUT2D eigenvalue weighted by Crippen LogP contribution is -2.14. The lowest BCUT2D eigenvalue weighted by molar-refractivity contribution is -0.135. The minimum absolute atomic E-state index is 0.265. The number of fused-ring (bicyclic) bond motifs is 1. The summed E-state index contributed by atoms with van der Waals surface area (Å²) in [5, 5.41) is 0. The maximum absolute atomic E-state index is 12.2. The van der Waals surface area contributed by atoms with Crippen LogP contribution in [0.4, 0.5) is 13.2 Å². The zero-order valence-electron chi connectivity index (χ0n) is 20.6. The highest BCUT2D eigenvalue weighted by atomic mass is 19.4. The Labute approximate surface area is 198 Å². The average Bonchev–Trinajstić information content (AvgIpc) is 3.14. The van der Waals surface area contributed by atoms with Gasteiger partial charge in [0.15, 0.2) is 0 Å². The van der Waals surface area contributed by atoms with Crippen molar-refractivity contribution in [1.29, 1.82) is 0 Å². The van der Waals surface area contributed by atoms with Gasteiger partial charge in [0.1, 0.15) is 0 Å². The number of nitrogens with zero attached hydrogens (tertiary/aromatic N) is 2. The third-order valence-corrected chi connectivity index (χ3v) is 6.35. The first-order valence-electron chi connectivity index (χ1n) is 13.3. The van der Waals surface area contributed by atoms with Crippen molar-refractivity contribution in [2.75, 3.05) is 12.0 Å². The minimum Gasteiger partial charge on any atom is -0.326 e. The molecule has 0 unspecified atom stereocenters. The zero-order chi connectivity index (χ0) is 23.8. The number of unbranched alkanes of at least 4 members (excludes halogenated alkanes) is 13. The van der Waals surface area contributed by atoms with Crippen molar-refractivity contribution in [3.8, 4) is 0 Å². The van der Waals surface area contributed by atoms with Crippen LogP contribution in [0.3, 0.4) is 0 Å². The van der Waals surface area contributed by atoms with Gasteiger partial charge in [0, 0.05) is 25.4 Å². The van der Waals surface area contributed by atoms with Crippen molar-refractivity contribution >= 4 is 11.0 Å². The molecule has 33 heavy (non-hydrogen) atoms. The fourth-order valence-electron chi connectivity index (χ4n) is 4.42. The molecule has 0 amide bonds. The first kappa shape index (κ1) is 27.5. The third kappa shape index (κ3) is 11.8. The van der Waals surface area contributed by atoms with Gasteiger partial charge in [-0.2, -0.15) is 13.2 Å². The molecule has 2 aromatic rings. The van der Waals surface area contributed by atoms with Crippen LogP contribution in [-0.2, 0) is 6.42 Å². The molecule has 1 N–H and O–H groups in total. The van der Waals surface area contributed by atoms with Gasteiger partial charge in [0.25, 0.3) is 0 Å². The summed E-state index contributed by atoms with van der Waals surface area (Å²) in [5.74, 6) is 0. The Hall–Kier alpha value is -1.72. The zero-order valence-corrected chi connectivity index (χ0v) is 20.6. The van der Waals surface area contributed by atoms with Crippen LogP contribution in [0.15, 0.2) is 24.5 Å². The van der Waals surface area contributed by atoms with Crippen LogP contribution < -0.4 is 5.43 Å². The Balaban J connectivity index is 1.63. The maximum atomic E-state index is 12.2. The molecule has 0 radical (unpaired) electrons. The molecule has 2 aromatic heterocycles. The molecule has 0 fully saturated rings. The number of halogens is 3. The summed E-state index contributed by atoms with van der Waals surface area (Å²) < 4.78 is 38.6. The lowest BCUT2D eigenvalue weighted by atomic mass is 10.0. The number of aromatic nitrogens is 2. The van der Waals surface area contributed by atoms with Gasteiger partial charge < -0.3 is 5.43 Å². The number of hydrogen-bond donors (Lipinski definition) is 1. The highest BCUT2D eigenvalue weighted by Crippen LogP contribution is 2.24. The molecule has 0 aliphatic rings. The second-order valence-electron chi connectivity index (χ2n) is 9.37. The van der Waals surface area contributed by atoms with E-state index in [0.29, 0.717) is 6.42 Å². The number of hydrogen-bond acceptors (Lipinski definition) is 2. The van der Waals surface area contributed by atoms with Crippen molar-refractivity contribution in [3.05, 3.63) is 30.1 Å². The fourth-order valence-corrected chi connectivity index (χ4v) is 4.42. The molecule has 0 aromatic carbocycles. The number of rotatable bonds is 19. The van der Waals surface area contributed by atoms with Crippen molar-refractivity contribution in [1.82, 2.24) is 9.66 Å². The van der Waals surface area contributed by atoms with Gasteiger partial charge >= 0.3 is 6.18 Å². The van der Waals surface area contributed by atoms with Crippen molar-refractivity contribution < 1.29 is 13.2 Å². The van der Waals surface area contributed by atoms with Crippen LogP contribution in [0.5, 0.6) is 0 Å². The molecular formula is C27H44F3N3. The molecule has 0 aliphatic carbocycles. The molecule has 0 spiro atoms. The van der Waals surface area contributed by atoms with Gasteiger partial charge in [-0.1, -0.05) is 84.0 Å².